The number of hydrogen-bond donors (Lipinski definition) is 0. The van der Waals surface area contributed by atoms with Gasteiger partial charge in [-0.3, -0.25) is 14.6 Å². The Labute approximate surface area is 126 Å². The molecule has 116 valence electrons. The minimum atomic E-state index is -0.384. The summed E-state index contributed by atoms with van der Waals surface area (Å²) in [5, 5.41) is 8.89. The molecule has 3 fully saturated rings. The van der Waals surface area contributed by atoms with E-state index < -0.39 is 0 Å². The lowest BCUT2D eigenvalue weighted by Gasteiger charge is -2.51. The summed E-state index contributed by atoms with van der Waals surface area (Å²) in [6.45, 7) is 5.34. The van der Waals surface area contributed by atoms with E-state index in [1.54, 1.807) is 4.90 Å². The predicted octanol–water partition coefficient (Wildman–Crippen LogP) is -0.0925. The first-order chi connectivity index (χ1) is 10.2. The summed E-state index contributed by atoms with van der Waals surface area (Å²) in [4.78, 5) is 19.2. The number of piperazine rings is 1. The summed E-state index contributed by atoms with van der Waals surface area (Å²) in [6, 6.07) is 2.65. The second-order valence-electron chi connectivity index (χ2n) is 6.39. The smallest absolute Gasteiger partial charge is 0.244 e. The van der Waals surface area contributed by atoms with Crippen molar-refractivity contribution in [3.05, 3.63) is 0 Å². The van der Waals surface area contributed by atoms with Crippen LogP contribution in [-0.2, 0) is 9.53 Å². The lowest BCUT2D eigenvalue weighted by atomic mass is 9.82. The molecule has 0 bridgehead atoms. The van der Waals surface area contributed by atoms with Gasteiger partial charge in [0.05, 0.1) is 12.7 Å². The van der Waals surface area contributed by atoms with Crippen molar-refractivity contribution in [2.75, 3.05) is 53.0 Å². The molecule has 1 unspecified atom stereocenters. The van der Waals surface area contributed by atoms with E-state index in [1.807, 2.05) is 0 Å². The molecular formula is C15H24N4O2. The topological polar surface area (TPSA) is 59.8 Å². The van der Waals surface area contributed by atoms with Gasteiger partial charge < -0.3 is 9.64 Å². The number of hydrogen-bond acceptors (Lipinski definition) is 5. The largest absolute Gasteiger partial charge is 0.380 e. The van der Waals surface area contributed by atoms with Gasteiger partial charge in [0.25, 0.3) is 0 Å². The zero-order chi connectivity index (χ0) is 14.9. The summed E-state index contributed by atoms with van der Waals surface area (Å²) in [5.74, 6) is 0.153. The van der Waals surface area contributed by atoms with Gasteiger partial charge >= 0.3 is 0 Å². The third-order valence-corrected chi connectivity index (χ3v) is 5.43. The molecule has 6 heteroatoms. The van der Waals surface area contributed by atoms with E-state index in [9.17, 15) is 4.79 Å². The average molecular weight is 292 g/mol. The Morgan fingerprint density at radius 2 is 2.10 bits per heavy atom. The maximum Gasteiger partial charge on any atom is 0.244 e. The second kappa shape index (κ2) is 5.91. The fourth-order valence-corrected chi connectivity index (χ4v) is 3.94. The first-order valence-electron chi connectivity index (χ1n) is 7.87. The molecule has 0 N–H and O–H groups in total. The summed E-state index contributed by atoms with van der Waals surface area (Å²) in [6.07, 6.45) is 2.83. The highest BCUT2D eigenvalue weighted by atomic mass is 16.5. The third-order valence-electron chi connectivity index (χ3n) is 5.43. The zero-order valence-corrected chi connectivity index (χ0v) is 12.8. The number of nitrogens with zero attached hydrogens (tertiary/aromatic N) is 4. The molecule has 0 aliphatic carbocycles. The normalized spacial score (nSPS) is 30.8. The van der Waals surface area contributed by atoms with E-state index in [-0.39, 0.29) is 18.0 Å². The van der Waals surface area contributed by atoms with Gasteiger partial charge in [-0.15, -0.1) is 0 Å². The van der Waals surface area contributed by atoms with Gasteiger partial charge in [-0.2, -0.15) is 5.26 Å². The Morgan fingerprint density at radius 1 is 1.33 bits per heavy atom. The maximum absolute atomic E-state index is 12.8. The van der Waals surface area contributed by atoms with Gasteiger partial charge in [0.1, 0.15) is 12.1 Å². The fourth-order valence-electron chi connectivity index (χ4n) is 3.94. The van der Waals surface area contributed by atoms with E-state index in [4.69, 9.17) is 10.00 Å². The number of amides is 1. The Morgan fingerprint density at radius 3 is 2.71 bits per heavy atom. The standard InChI is InChI=1S/C15H24N4O2/c1-17-9-10-19(8-5-16)14(20)15(17)3-6-18(7-4-15)13-2-11-21-12-13/h13H,2-4,6-12H2,1H3. The first-order valence-corrected chi connectivity index (χ1v) is 7.87. The summed E-state index contributed by atoms with van der Waals surface area (Å²) < 4.78 is 5.48. The van der Waals surface area contributed by atoms with Crippen LogP contribution < -0.4 is 0 Å². The highest BCUT2D eigenvalue weighted by molar-refractivity contribution is 5.87. The van der Waals surface area contributed by atoms with Crippen LogP contribution >= 0.6 is 0 Å². The molecule has 0 saturated carbocycles. The lowest BCUT2D eigenvalue weighted by molar-refractivity contribution is -0.153. The SMILES string of the molecule is CN1CCN(CC#N)C(=O)C12CCN(C1CCOC1)CC2. The fraction of sp³-hybridized carbons (Fsp3) is 0.867. The highest BCUT2D eigenvalue weighted by Crippen LogP contribution is 2.34. The molecule has 3 saturated heterocycles. The van der Waals surface area contributed by atoms with Crippen molar-refractivity contribution >= 4 is 5.91 Å². The van der Waals surface area contributed by atoms with Crippen LogP contribution in [0.5, 0.6) is 0 Å². The molecule has 3 aliphatic heterocycles. The molecule has 0 radical (unpaired) electrons. The van der Waals surface area contributed by atoms with Crippen LogP contribution in [-0.4, -0.2) is 85.2 Å². The monoisotopic (exact) mass is 292 g/mol. The van der Waals surface area contributed by atoms with Crippen LogP contribution in [0, 0.1) is 11.3 Å². The van der Waals surface area contributed by atoms with Gasteiger partial charge in [-0.25, -0.2) is 0 Å². The number of ether oxygens (including phenoxy) is 1. The van der Waals surface area contributed by atoms with E-state index >= 15 is 0 Å². The quantitative estimate of drug-likeness (QED) is 0.666. The van der Waals surface area contributed by atoms with Crippen LogP contribution in [0.2, 0.25) is 0 Å². The van der Waals surface area contributed by atoms with Crippen molar-refractivity contribution in [1.29, 1.82) is 5.26 Å². The molecule has 0 aromatic heterocycles. The number of likely N-dealkylation sites (tertiary alicyclic amines) is 1. The number of carbonyl (C=O) groups excluding carboxylic acids is 1. The number of nitriles is 1. The number of likely N-dealkylation sites (N-methyl/N-ethyl adjacent to an activating group) is 1. The number of piperidine rings is 1. The van der Waals surface area contributed by atoms with E-state index in [0.29, 0.717) is 12.6 Å². The van der Waals surface area contributed by atoms with Crippen molar-refractivity contribution in [2.45, 2.75) is 30.8 Å². The van der Waals surface area contributed by atoms with Crippen molar-refractivity contribution in [2.24, 2.45) is 0 Å². The average Bonchev–Trinajstić information content (AvgIpc) is 3.03. The highest BCUT2D eigenvalue weighted by Gasteiger charge is 2.49. The summed E-state index contributed by atoms with van der Waals surface area (Å²) in [7, 11) is 2.05. The minimum Gasteiger partial charge on any atom is -0.380 e. The predicted molar refractivity (Wildman–Crippen MR) is 77.6 cm³/mol. The van der Waals surface area contributed by atoms with Gasteiger partial charge in [-0.05, 0) is 26.3 Å². The maximum atomic E-state index is 12.8. The van der Waals surface area contributed by atoms with E-state index in [1.165, 1.54) is 0 Å². The van der Waals surface area contributed by atoms with Crippen molar-refractivity contribution in [3.8, 4) is 6.07 Å². The van der Waals surface area contributed by atoms with Crippen LogP contribution in [0.1, 0.15) is 19.3 Å². The molecule has 6 nitrogen and oxygen atoms in total. The molecule has 3 aliphatic rings. The second-order valence-corrected chi connectivity index (χ2v) is 6.39. The number of carbonyl (C=O) groups is 1. The van der Waals surface area contributed by atoms with Crippen molar-refractivity contribution in [3.63, 3.8) is 0 Å². The molecule has 0 aromatic carbocycles. The molecule has 1 amide bonds. The molecule has 0 aromatic rings. The molecule has 21 heavy (non-hydrogen) atoms. The minimum absolute atomic E-state index is 0.153. The van der Waals surface area contributed by atoms with Gasteiger partial charge in [0.2, 0.25) is 5.91 Å². The van der Waals surface area contributed by atoms with Crippen molar-refractivity contribution < 1.29 is 9.53 Å². The summed E-state index contributed by atoms with van der Waals surface area (Å²) >= 11 is 0. The lowest BCUT2D eigenvalue weighted by Crippen LogP contribution is -2.68. The van der Waals surface area contributed by atoms with Gasteiger partial charge in [-0.1, -0.05) is 0 Å². The van der Waals surface area contributed by atoms with E-state index in [2.05, 4.69) is 22.9 Å². The van der Waals surface area contributed by atoms with Gasteiger partial charge in [0, 0.05) is 38.8 Å². The first kappa shape index (κ1) is 14.8. The Balaban J connectivity index is 1.69. The molecule has 1 spiro atoms. The number of rotatable bonds is 2. The van der Waals surface area contributed by atoms with Crippen LogP contribution in [0.25, 0.3) is 0 Å². The van der Waals surface area contributed by atoms with Crippen LogP contribution in [0.3, 0.4) is 0 Å². The van der Waals surface area contributed by atoms with Gasteiger partial charge in [0.15, 0.2) is 0 Å². The van der Waals surface area contributed by atoms with Crippen LogP contribution in [0.4, 0.5) is 0 Å². The Kier molecular flexibility index (Phi) is 4.16. The zero-order valence-electron chi connectivity index (χ0n) is 12.8. The molecule has 1 atom stereocenters. The third kappa shape index (κ3) is 2.54. The molecular weight excluding hydrogens is 268 g/mol. The Hall–Kier alpha value is -1.16. The van der Waals surface area contributed by atoms with Crippen molar-refractivity contribution in [1.82, 2.24) is 14.7 Å². The van der Waals surface area contributed by atoms with E-state index in [0.717, 1.165) is 52.1 Å². The molecule has 3 heterocycles. The summed E-state index contributed by atoms with van der Waals surface area (Å²) in [5.41, 5.74) is -0.384. The Bertz CT molecular complexity index is 433. The van der Waals surface area contributed by atoms with Crippen LogP contribution in [0.15, 0.2) is 0 Å². The molecule has 3 rings (SSSR count).